The maximum Gasteiger partial charge on any atom is 0.263 e. The van der Waals surface area contributed by atoms with E-state index in [1.807, 2.05) is 32.9 Å². The Balaban J connectivity index is 2.00. The van der Waals surface area contributed by atoms with Gasteiger partial charge in [-0.1, -0.05) is 41.2 Å². The molecule has 0 saturated heterocycles. The van der Waals surface area contributed by atoms with E-state index in [1.54, 1.807) is 24.3 Å². The van der Waals surface area contributed by atoms with E-state index >= 15 is 0 Å². The summed E-state index contributed by atoms with van der Waals surface area (Å²) in [4.78, 5) is 4.67. The van der Waals surface area contributed by atoms with Gasteiger partial charge in [0.05, 0.1) is 15.1 Å². The highest BCUT2D eigenvalue weighted by molar-refractivity contribution is 7.93. The number of fused-ring (bicyclic) bond motifs is 1. The van der Waals surface area contributed by atoms with Crippen molar-refractivity contribution in [2.45, 2.75) is 25.7 Å². The van der Waals surface area contributed by atoms with Gasteiger partial charge in [0.25, 0.3) is 10.0 Å². The lowest BCUT2D eigenvalue weighted by Gasteiger charge is -2.05. The molecule has 0 aliphatic rings. The summed E-state index contributed by atoms with van der Waals surface area (Å²) in [5.74, 6) is 0. The Bertz CT molecular complexity index is 903. The fourth-order valence-corrected chi connectivity index (χ4v) is 4.44. The Hall–Kier alpha value is -1.92. The van der Waals surface area contributed by atoms with Crippen molar-refractivity contribution in [1.29, 1.82) is 0 Å². The molecule has 4 nitrogen and oxygen atoms in total. The molecule has 6 heteroatoms. The molecule has 0 spiro atoms. The van der Waals surface area contributed by atoms with Crippen LogP contribution >= 0.6 is 11.3 Å². The van der Waals surface area contributed by atoms with E-state index in [9.17, 15) is 8.42 Å². The number of benzene rings is 2. The van der Waals surface area contributed by atoms with Crippen molar-refractivity contribution in [3.05, 3.63) is 53.1 Å². The maximum absolute atomic E-state index is 12.4. The van der Waals surface area contributed by atoms with E-state index in [4.69, 9.17) is 0 Å². The molecule has 0 saturated carbocycles. The monoisotopic (exact) mass is 332 g/mol. The highest BCUT2D eigenvalue weighted by Gasteiger charge is 2.17. The molecular formula is C16H16N2O2S2. The van der Waals surface area contributed by atoms with Gasteiger partial charge in [-0.05, 0) is 44.0 Å². The zero-order valence-electron chi connectivity index (χ0n) is 12.5. The fourth-order valence-electron chi connectivity index (χ4n) is 2.19. The topological polar surface area (TPSA) is 59.1 Å². The Labute approximate surface area is 133 Å². The molecule has 0 amide bonds. The molecule has 1 aromatic heterocycles. The molecule has 0 fully saturated rings. The molecule has 3 aromatic rings. The molecular weight excluding hydrogens is 316 g/mol. The van der Waals surface area contributed by atoms with Crippen molar-refractivity contribution in [3.8, 4) is 0 Å². The first-order valence-corrected chi connectivity index (χ1v) is 9.13. The summed E-state index contributed by atoms with van der Waals surface area (Å²) >= 11 is 1.36. The Morgan fingerprint density at radius 3 is 2.23 bits per heavy atom. The van der Waals surface area contributed by atoms with Crippen molar-refractivity contribution in [3.63, 3.8) is 0 Å². The number of aromatic nitrogens is 1. The van der Waals surface area contributed by atoms with Crippen molar-refractivity contribution in [1.82, 2.24) is 4.98 Å². The van der Waals surface area contributed by atoms with Crippen LogP contribution in [-0.4, -0.2) is 13.4 Å². The van der Waals surface area contributed by atoms with Crippen LogP contribution in [0.3, 0.4) is 0 Å². The molecule has 0 atom stereocenters. The van der Waals surface area contributed by atoms with Gasteiger partial charge in [0.15, 0.2) is 5.13 Å². The Morgan fingerprint density at radius 1 is 0.955 bits per heavy atom. The maximum atomic E-state index is 12.4. The largest absolute Gasteiger partial charge is 0.263 e. The number of anilines is 1. The van der Waals surface area contributed by atoms with Gasteiger partial charge in [-0.2, -0.15) is 0 Å². The predicted octanol–water partition coefficient (Wildman–Crippen LogP) is 4.02. The molecule has 0 unspecified atom stereocenters. The number of hydrogen-bond acceptors (Lipinski definition) is 4. The normalized spacial score (nSPS) is 11.8. The summed E-state index contributed by atoms with van der Waals surface area (Å²) in [7, 11) is -3.61. The van der Waals surface area contributed by atoms with E-state index in [2.05, 4.69) is 9.71 Å². The molecule has 22 heavy (non-hydrogen) atoms. The van der Waals surface area contributed by atoms with Gasteiger partial charge in [-0.15, -0.1) is 0 Å². The Morgan fingerprint density at radius 2 is 1.59 bits per heavy atom. The summed E-state index contributed by atoms with van der Waals surface area (Å²) in [5, 5.41) is 0.396. The van der Waals surface area contributed by atoms with Crippen molar-refractivity contribution < 1.29 is 8.42 Å². The first-order chi connectivity index (χ1) is 10.4. The fraction of sp³-hybridized carbons (Fsp3) is 0.188. The van der Waals surface area contributed by atoms with Crippen molar-refractivity contribution >= 4 is 36.7 Å². The van der Waals surface area contributed by atoms with Crippen LogP contribution < -0.4 is 4.72 Å². The van der Waals surface area contributed by atoms with Crippen LogP contribution in [0.4, 0.5) is 5.13 Å². The summed E-state index contributed by atoms with van der Waals surface area (Å²) in [6.45, 7) is 5.89. The minimum atomic E-state index is -3.61. The molecule has 3 rings (SSSR count). The summed E-state index contributed by atoms with van der Waals surface area (Å²) in [6, 6.07) is 10.8. The first-order valence-electron chi connectivity index (χ1n) is 6.83. The van der Waals surface area contributed by atoms with Crippen LogP contribution in [0.1, 0.15) is 16.7 Å². The third-order valence-corrected chi connectivity index (χ3v) is 6.09. The second-order valence-electron chi connectivity index (χ2n) is 5.31. The number of nitrogens with zero attached hydrogens (tertiary/aromatic N) is 1. The smallest absolute Gasteiger partial charge is 0.255 e. The van der Waals surface area contributed by atoms with E-state index in [-0.39, 0.29) is 4.90 Å². The van der Waals surface area contributed by atoms with E-state index < -0.39 is 10.0 Å². The van der Waals surface area contributed by atoms with Gasteiger partial charge in [0.1, 0.15) is 0 Å². The molecule has 0 radical (unpaired) electrons. The van der Waals surface area contributed by atoms with Gasteiger partial charge in [0, 0.05) is 0 Å². The highest BCUT2D eigenvalue weighted by atomic mass is 32.2. The van der Waals surface area contributed by atoms with Gasteiger partial charge in [-0.3, -0.25) is 4.72 Å². The van der Waals surface area contributed by atoms with Gasteiger partial charge in [-0.25, -0.2) is 13.4 Å². The van der Waals surface area contributed by atoms with Gasteiger partial charge >= 0.3 is 0 Å². The van der Waals surface area contributed by atoms with Crippen LogP contribution in [0.2, 0.25) is 0 Å². The van der Waals surface area contributed by atoms with Crippen LogP contribution in [0, 0.1) is 20.8 Å². The second kappa shape index (κ2) is 5.37. The van der Waals surface area contributed by atoms with Crippen LogP contribution in [0.25, 0.3) is 10.2 Å². The number of hydrogen-bond donors (Lipinski definition) is 1. The first kappa shape index (κ1) is 15.0. The average molecular weight is 332 g/mol. The minimum absolute atomic E-state index is 0.241. The average Bonchev–Trinajstić information content (AvgIpc) is 2.88. The zero-order chi connectivity index (χ0) is 15.9. The lowest BCUT2D eigenvalue weighted by atomic mass is 10.1. The van der Waals surface area contributed by atoms with Crippen molar-refractivity contribution in [2.24, 2.45) is 0 Å². The molecule has 1 N–H and O–H groups in total. The molecule has 2 aromatic carbocycles. The lowest BCUT2D eigenvalue weighted by molar-refractivity contribution is 0.601. The highest BCUT2D eigenvalue weighted by Crippen LogP contribution is 2.32. The quantitative estimate of drug-likeness (QED) is 0.788. The molecule has 0 aliphatic carbocycles. The lowest BCUT2D eigenvalue weighted by Crippen LogP contribution is -2.12. The van der Waals surface area contributed by atoms with E-state index in [1.165, 1.54) is 11.3 Å². The van der Waals surface area contributed by atoms with Gasteiger partial charge in [0.2, 0.25) is 0 Å². The Kier molecular flexibility index (Phi) is 3.66. The predicted molar refractivity (Wildman–Crippen MR) is 91.1 cm³/mol. The van der Waals surface area contributed by atoms with E-state index in [0.717, 1.165) is 26.9 Å². The number of sulfonamides is 1. The summed E-state index contributed by atoms with van der Waals surface area (Å²) < 4.78 is 28.4. The summed E-state index contributed by atoms with van der Waals surface area (Å²) in [6.07, 6.45) is 0. The third-order valence-electron chi connectivity index (χ3n) is 3.50. The molecule has 0 bridgehead atoms. The number of nitrogens with one attached hydrogen (secondary N) is 1. The van der Waals surface area contributed by atoms with Crippen LogP contribution in [-0.2, 0) is 10.0 Å². The van der Waals surface area contributed by atoms with Gasteiger partial charge < -0.3 is 0 Å². The number of thiazole rings is 1. The van der Waals surface area contributed by atoms with Crippen molar-refractivity contribution in [2.75, 3.05) is 4.72 Å². The minimum Gasteiger partial charge on any atom is -0.255 e. The summed E-state index contributed by atoms with van der Waals surface area (Å²) in [5.41, 5.74) is 4.01. The van der Waals surface area contributed by atoms with E-state index in [0.29, 0.717) is 5.13 Å². The molecule has 0 aliphatic heterocycles. The second-order valence-corrected chi connectivity index (χ2v) is 8.00. The molecule has 114 valence electrons. The van der Waals surface area contributed by atoms with Crippen LogP contribution in [0.15, 0.2) is 41.3 Å². The number of rotatable bonds is 3. The SMILES string of the molecule is Cc1ccc(S(=O)(=O)Nc2nc3c(C)ccc(C)c3s2)cc1. The third kappa shape index (κ3) is 2.71. The van der Waals surface area contributed by atoms with Crippen LogP contribution in [0.5, 0.6) is 0 Å². The molecule has 1 heterocycles. The standard InChI is InChI=1S/C16H16N2O2S2/c1-10-4-8-13(9-5-10)22(19,20)18-16-17-14-11(2)6-7-12(3)15(14)21-16/h4-9H,1-3H3,(H,17,18). The zero-order valence-corrected chi connectivity index (χ0v) is 14.2. The number of aryl methyl sites for hydroxylation is 3.